The quantitative estimate of drug-likeness (QED) is 0.769. The molecule has 0 amide bonds. The summed E-state index contributed by atoms with van der Waals surface area (Å²) in [5.74, 6) is 0. The van der Waals surface area contributed by atoms with E-state index in [9.17, 15) is 8.42 Å². The summed E-state index contributed by atoms with van der Waals surface area (Å²) in [5, 5.41) is 8.84. The van der Waals surface area contributed by atoms with Gasteiger partial charge in [-0.25, -0.2) is 12.4 Å². The first-order valence-corrected chi connectivity index (χ1v) is 5.37. The lowest BCUT2D eigenvalue weighted by atomic mass is 10.5. The topological polar surface area (TPSA) is 59.3 Å². The van der Waals surface area contributed by atoms with Crippen LogP contribution in [-0.2, 0) is 16.6 Å². The zero-order valence-electron chi connectivity index (χ0n) is 6.36. The number of hydrogen-bond acceptors (Lipinski definition) is 3. The second-order valence-electron chi connectivity index (χ2n) is 2.33. The molecule has 0 atom stereocenters. The minimum Gasteiger partial charge on any atom is -0.390 e. The van der Waals surface area contributed by atoms with Crippen molar-refractivity contribution in [2.45, 2.75) is 6.61 Å². The standard InChI is InChI=1S/C6H8ClNO3S/c1-12(10,11)8-5(4-9)2-3-6(8)7/h2-3,9H,4H2,1H3. The summed E-state index contributed by atoms with van der Waals surface area (Å²) in [6.45, 7) is -0.347. The van der Waals surface area contributed by atoms with Crippen LogP contribution in [-0.4, -0.2) is 23.8 Å². The molecule has 0 bridgehead atoms. The number of hydrogen-bond donors (Lipinski definition) is 1. The van der Waals surface area contributed by atoms with Crippen LogP contribution in [0.3, 0.4) is 0 Å². The number of nitrogens with zero attached hydrogens (tertiary/aromatic N) is 1. The molecule has 12 heavy (non-hydrogen) atoms. The molecule has 0 aliphatic rings. The Kier molecular flexibility index (Phi) is 2.46. The predicted molar refractivity (Wildman–Crippen MR) is 45.6 cm³/mol. The van der Waals surface area contributed by atoms with Crippen LogP contribution in [0.15, 0.2) is 12.1 Å². The van der Waals surface area contributed by atoms with Crippen LogP contribution in [0.2, 0.25) is 5.15 Å². The third-order valence-electron chi connectivity index (χ3n) is 1.36. The highest BCUT2D eigenvalue weighted by molar-refractivity contribution is 7.89. The Hall–Kier alpha value is -0.520. The number of aromatic nitrogens is 1. The van der Waals surface area contributed by atoms with E-state index in [-0.39, 0.29) is 17.5 Å². The summed E-state index contributed by atoms with van der Waals surface area (Å²) >= 11 is 5.58. The van der Waals surface area contributed by atoms with Gasteiger partial charge in [0.25, 0.3) is 0 Å². The van der Waals surface area contributed by atoms with Gasteiger partial charge in [-0.2, -0.15) is 0 Å². The molecular formula is C6H8ClNO3S. The van der Waals surface area contributed by atoms with Crippen molar-refractivity contribution in [3.8, 4) is 0 Å². The van der Waals surface area contributed by atoms with E-state index in [1.165, 1.54) is 12.1 Å². The summed E-state index contributed by atoms with van der Waals surface area (Å²) < 4.78 is 23.0. The molecule has 0 radical (unpaired) electrons. The second kappa shape index (κ2) is 3.08. The fourth-order valence-corrected chi connectivity index (χ4v) is 2.40. The van der Waals surface area contributed by atoms with Crippen molar-refractivity contribution in [1.29, 1.82) is 0 Å². The zero-order valence-corrected chi connectivity index (χ0v) is 7.93. The highest BCUT2D eigenvalue weighted by Crippen LogP contribution is 2.16. The van der Waals surface area contributed by atoms with Crippen molar-refractivity contribution < 1.29 is 13.5 Å². The second-order valence-corrected chi connectivity index (χ2v) is 4.55. The number of halogens is 1. The molecule has 6 heteroatoms. The zero-order chi connectivity index (χ0) is 9.35. The molecule has 0 saturated heterocycles. The summed E-state index contributed by atoms with van der Waals surface area (Å²) in [6, 6.07) is 2.89. The van der Waals surface area contributed by atoms with Crippen LogP contribution in [0.1, 0.15) is 5.69 Å². The Morgan fingerprint density at radius 3 is 2.50 bits per heavy atom. The van der Waals surface area contributed by atoms with Crippen molar-refractivity contribution >= 4 is 21.6 Å². The van der Waals surface area contributed by atoms with E-state index < -0.39 is 10.0 Å². The van der Waals surface area contributed by atoms with Crippen LogP contribution < -0.4 is 0 Å². The highest BCUT2D eigenvalue weighted by Gasteiger charge is 2.13. The lowest BCUT2D eigenvalue weighted by Gasteiger charge is -2.04. The van der Waals surface area contributed by atoms with Gasteiger partial charge in [-0.3, -0.25) is 0 Å². The molecule has 0 spiro atoms. The maximum atomic E-state index is 11.1. The first kappa shape index (κ1) is 9.57. The molecule has 68 valence electrons. The molecule has 1 heterocycles. The van der Waals surface area contributed by atoms with Gasteiger partial charge in [0, 0.05) is 0 Å². The molecule has 1 aromatic heterocycles. The van der Waals surface area contributed by atoms with E-state index in [4.69, 9.17) is 16.7 Å². The average Bonchev–Trinajstić information content (AvgIpc) is 2.29. The van der Waals surface area contributed by atoms with Gasteiger partial charge in [0.2, 0.25) is 10.0 Å². The average molecular weight is 210 g/mol. The van der Waals surface area contributed by atoms with Gasteiger partial charge in [0.1, 0.15) is 5.15 Å². The molecule has 1 aromatic rings. The van der Waals surface area contributed by atoms with Crippen LogP contribution in [0.5, 0.6) is 0 Å². The van der Waals surface area contributed by atoms with E-state index in [0.717, 1.165) is 10.2 Å². The minimum absolute atomic E-state index is 0.0848. The molecule has 0 saturated carbocycles. The van der Waals surface area contributed by atoms with E-state index in [1.807, 2.05) is 0 Å². The molecule has 1 N–H and O–H groups in total. The fourth-order valence-electron chi connectivity index (χ4n) is 0.926. The third-order valence-corrected chi connectivity index (χ3v) is 2.85. The largest absolute Gasteiger partial charge is 0.390 e. The Morgan fingerprint density at radius 1 is 1.58 bits per heavy atom. The summed E-state index contributed by atoms with van der Waals surface area (Å²) in [6.07, 6.45) is 1.03. The van der Waals surface area contributed by atoms with Gasteiger partial charge < -0.3 is 5.11 Å². The predicted octanol–water partition coefficient (Wildman–Crippen LogP) is 0.441. The fraction of sp³-hybridized carbons (Fsp3) is 0.333. The smallest absolute Gasteiger partial charge is 0.237 e. The van der Waals surface area contributed by atoms with E-state index in [0.29, 0.717) is 0 Å². The summed E-state index contributed by atoms with van der Waals surface area (Å²) in [4.78, 5) is 0. The van der Waals surface area contributed by atoms with E-state index in [2.05, 4.69) is 0 Å². The lowest BCUT2D eigenvalue weighted by molar-refractivity contribution is 0.276. The van der Waals surface area contributed by atoms with Crippen molar-refractivity contribution in [2.75, 3.05) is 6.26 Å². The van der Waals surface area contributed by atoms with Crippen molar-refractivity contribution in [3.63, 3.8) is 0 Å². The molecular weight excluding hydrogens is 202 g/mol. The summed E-state index contributed by atoms with van der Waals surface area (Å²) in [5.41, 5.74) is 0.266. The molecule has 0 aliphatic carbocycles. The lowest BCUT2D eigenvalue weighted by Crippen LogP contribution is -2.13. The number of aliphatic hydroxyl groups excluding tert-OH is 1. The summed E-state index contributed by atoms with van der Waals surface area (Å²) in [7, 11) is -3.41. The van der Waals surface area contributed by atoms with E-state index in [1.54, 1.807) is 0 Å². The van der Waals surface area contributed by atoms with Crippen LogP contribution in [0, 0.1) is 0 Å². The first-order chi connectivity index (χ1) is 5.46. The van der Waals surface area contributed by atoms with Gasteiger partial charge in [-0.15, -0.1) is 0 Å². The van der Waals surface area contributed by atoms with Crippen molar-refractivity contribution in [2.24, 2.45) is 0 Å². The minimum atomic E-state index is -3.41. The van der Waals surface area contributed by atoms with Crippen molar-refractivity contribution in [3.05, 3.63) is 23.0 Å². The maximum Gasteiger partial charge on any atom is 0.237 e. The van der Waals surface area contributed by atoms with Crippen molar-refractivity contribution in [1.82, 2.24) is 3.97 Å². The number of rotatable bonds is 2. The Morgan fingerprint density at radius 2 is 2.17 bits per heavy atom. The molecule has 0 aromatic carbocycles. The monoisotopic (exact) mass is 209 g/mol. The molecule has 4 nitrogen and oxygen atoms in total. The Labute approximate surface area is 75.4 Å². The molecule has 1 rings (SSSR count). The molecule has 0 aliphatic heterocycles. The Balaban J connectivity index is 3.39. The van der Waals surface area contributed by atoms with Crippen LogP contribution in [0.25, 0.3) is 0 Å². The molecule has 0 unspecified atom stereocenters. The third kappa shape index (κ3) is 1.63. The normalized spacial score (nSPS) is 11.9. The first-order valence-electron chi connectivity index (χ1n) is 3.14. The van der Waals surface area contributed by atoms with Gasteiger partial charge in [0.15, 0.2) is 0 Å². The van der Waals surface area contributed by atoms with Gasteiger partial charge in [-0.1, -0.05) is 11.6 Å². The van der Waals surface area contributed by atoms with Gasteiger partial charge >= 0.3 is 0 Å². The van der Waals surface area contributed by atoms with E-state index >= 15 is 0 Å². The van der Waals surface area contributed by atoms with Gasteiger partial charge in [-0.05, 0) is 12.1 Å². The van der Waals surface area contributed by atoms with Crippen LogP contribution in [0.4, 0.5) is 0 Å². The number of aliphatic hydroxyl groups is 1. The Bertz CT molecular complexity index is 381. The van der Waals surface area contributed by atoms with Gasteiger partial charge in [0.05, 0.1) is 18.6 Å². The van der Waals surface area contributed by atoms with Crippen LogP contribution >= 0.6 is 11.6 Å². The SMILES string of the molecule is CS(=O)(=O)n1c(Cl)ccc1CO. The maximum absolute atomic E-state index is 11.1. The molecule has 0 fully saturated rings. The highest BCUT2D eigenvalue weighted by atomic mass is 35.5.